The molecule has 2 N–H and O–H groups in total. The first-order chi connectivity index (χ1) is 10.5. The predicted octanol–water partition coefficient (Wildman–Crippen LogP) is 2.98. The van der Waals surface area contributed by atoms with Gasteiger partial charge < -0.3 is 15.0 Å². The molecule has 5 heteroatoms. The maximum atomic E-state index is 12.5. The van der Waals surface area contributed by atoms with Gasteiger partial charge in [0.1, 0.15) is 5.69 Å². The Balaban J connectivity index is 2.16. The molecule has 0 atom stereocenters. The van der Waals surface area contributed by atoms with Gasteiger partial charge in [-0.15, -0.1) is 0 Å². The van der Waals surface area contributed by atoms with Gasteiger partial charge in [-0.3, -0.25) is 4.79 Å². The van der Waals surface area contributed by atoms with Crippen LogP contribution in [0.3, 0.4) is 0 Å². The molecular weight excluding hydrogens is 280 g/mol. The van der Waals surface area contributed by atoms with Crippen LogP contribution in [0.5, 0.6) is 0 Å². The van der Waals surface area contributed by atoms with Crippen molar-refractivity contribution in [2.45, 2.75) is 58.9 Å². The number of H-pyrrole nitrogens is 1. The Morgan fingerprint density at radius 3 is 2.45 bits per heavy atom. The average Bonchev–Trinajstić information content (AvgIpc) is 2.85. The van der Waals surface area contributed by atoms with Crippen LogP contribution in [0, 0.1) is 12.8 Å². The van der Waals surface area contributed by atoms with Crippen molar-refractivity contribution >= 4 is 11.9 Å². The summed E-state index contributed by atoms with van der Waals surface area (Å²) in [6, 6.07) is 0.234. The lowest BCUT2D eigenvalue weighted by Crippen LogP contribution is -2.37. The van der Waals surface area contributed by atoms with Crippen molar-refractivity contribution in [2.75, 3.05) is 7.11 Å². The summed E-state index contributed by atoms with van der Waals surface area (Å²) in [6.07, 6.45) is 5.01. The molecule has 0 spiro atoms. The lowest BCUT2D eigenvalue weighted by atomic mass is 9.87. The summed E-state index contributed by atoms with van der Waals surface area (Å²) in [5.41, 5.74) is 2.40. The second kappa shape index (κ2) is 6.99. The summed E-state index contributed by atoms with van der Waals surface area (Å²) >= 11 is 0. The van der Waals surface area contributed by atoms with E-state index in [9.17, 15) is 9.59 Å². The molecule has 0 aliphatic heterocycles. The van der Waals surface area contributed by atoms with Crippen molar-refractivity contribution in [1.29, 1.82) is 0 Å². The van der Waals surface area contributed by atoms with Gasteiger partial charge in [0.15, 0.2) is 0 Å². The van der Waals surface area contributed by atoms with E-state index in [0.717, 1.165) is 37.3 Å². The summed E-state index contributed by atoms with van der Waals surface area (Å²) in [5.74, 6) is 0.232. The number of aromatic amines is 1. The highest BCUT2D eigenvalue weighted by Gasteiger charge is 2.26. The van der Waals surface area contributed by atoms with Gasteiger partial charge in [0.25, 0.3) is 5.91 Å². The SMILES string of the molecule is CCc1[nH]c(C(=O)NC2CCC(C)CC2)c(C)c1C(=O)OC. The normalized spacial score (nSPS) is 21.5. The third kappa shape index (κ3) is 3.34. The topological polar surface area (TPSA) is 71.2 Å². The van der Waals surface area contributed by atoms with Crippen molar-refractivity contribution in [3.8, 4) is 0 Å². The van der Waals surface area contributed by atoms with Gasteiger partial charge in [0.05, 0.1) is 12.7 Å². The molecule has 1 amide bonds. The van der Waals surface area contributed by atoms with E-state index in [1.807, 2.05) is 6.92 Å². The van der Waals surface area contributed by atoms with Gasteiger partial charge in [0.2, 0.25) is 0 Å². The number of rotatable bonds is 4. The number of hydrogen-bond acceptors (Lipinski definition) is 3. The maximum absolute atomic E-state index is 12.5. The fraction of sp³-hybridized carbons (Fsp3) is 0.647. The molecule has 1 aliphatic rings. The second-order valence-electron chi connectivity index (χ2n) is 6.25. The summed E-state index contributed by atoms with van der Waals surface area (Å²) < 4.78 is 4.82. The molecule has 0 radical (unpaired) electrons. The van der Waals surface area contributed by atoms with Crippen LogP contribution >= 0.6 is 0 Å². The zero-order valence-electron chi connectivity index (χ0n) is 13.9. The van der Waals surface area contributed by atoms with Crippen molar-refractivity contribution < 1.29 is 14.3 Å². The van der Waals surface area contributed by atoms with E-state index in [0.29, 0.717) is 23.2 Å². The Kier molecular flexibility index (Phi) is 5.27. The molecule has 122 valence electrons. The minimum Gasteiger partial charge on any atom is -0.465 e. The number of aryl methyl sites for hydroxylation is 1. The Bertz CT molecular complexity index is 554. The fourth-order valence-electron chi connectivity index (χ4n) is 3.19. The van der Waals surface area contributed by atoms with Gasteiger partial charge in [-0.05, 0) is 50.5 Å². The predicted molar refractivity (Wildman–Crippen MR) is 85.1 cm³/mol. The molecule has 1 fully saturated rings. The number of amides is 1. The number of methoxy groups -OCH3 is 1. The smallest absolute Gasteiger partial charge is 0.339 e. The van der Waals surface area contributed by atoms with Crippen molar-refractivity contribution in [3.05, 3.63) is 22.5 Å². The van der Waals surface area contributed by atoms with Crippen LogP contribution < -0.4 is 5.32 Å². The van der Waals surface area contributed by atoms with Gasteiger partial charge in [-0.1, -0.05) is 13.8 Å². The molecule has 1 aromatic rings. The van der Waals surface area contributed by atoms with Crippen LogP contribution in [0.4, 0.5) is 0 Å². The first-order valence-electron chi connectivity index (χ1n) is 8.08. The molecule has 1 heterocycles. The van der Waals surface area contributed by atoms with Gasteiger partial charge in [0, 0.05) is 11.7 Å². The zero-order valence-corrected chi connectivity index (χ0v) is 13.9. The molecule has 22 heavy (non-hydrogen) atoms. The van der Waals surface area contributed by atoms with Crippen LogP contribution in [0.1, 0.15) is 71.6 Å². The summed E-state index contributed by atoms with van der Waals surface area (Å²) in [6.45, 7) is 5.99. The lowest BCUT2D eigenvalue weighted by Gasteiger charge is -2.26. The van der Waals surface area contributed by atoms with Crippen molar-refractivity contribution in [1.82, 2.24) is 10.3 Å². The minimum absolute atomic E-state index is 0.123. The summed E-state index contributed by atoms with van der Waals surface area (Å²) in [5, 5.41) is 3.10. The number of ether oxygens (including phenoxy) is 1. The molecule has 0 bridgehead atoms. The van der Waals surface area contributed by atoms with Gasteiger partial charge >= 0.3 is 5.97 Å². The van der Waals surface area contributed by atoms with E-state index in [4.69, 9.17) is 4.74 Å². The zero-order chi connectivity index (χ0) is 16.3. The largest absolute Gasteiger partial charge is 0.465 e. The highest BCUT2D eigenvalue weighted by Crippen LogP contribution is 2.25. The van der Waals surface area contributed by atoms with E-state index >= 15 is 0 Å². The molecule has 2 rings (SSSR count). The quantitative estimate of drug-likeness (QED) is 0.840. The summed E-state index contributed by atoms with van der Waals surface area (Å²) in [4.78, 5) is 27.5. The fourth-order valence-corrected chi connectivity index (χ4v) is 3.19. The van der Waals surface area contributed by atoms with E-state index in [-0.39, 0.29) is 11.9 Å². The molecule has 0 unspecified atom stereocenters. The Labute approximate surface area is 131 Å². The minimum atomic E-state index is -0.392. The maximum Gasteiger partial charge on any atom is 0.339 e. The number of carbonyl (C=O) groups excluding carboxylic acids is 2. The Morgan fingerprint density at radius 1 is 1.27 bits per heavy atom. The third-order valence-electron chi connectivity index (χ3n) is 4.65. The summed E-state index contributed by atoms with van der Waals surface area (Å²) in [7, 11) is 1.36. The number of esters is 1. The third-order valence-corrected chi connectivity index (χ3v) is 4.65. The number of aromatic nitrogens is 1. The molecule has 0 saturated heterocycles. The van der Waals surface area contributed by atoms with Crippen LogP contribution in [-0.2, 0) is 11.2 Å². The molecule has 0 aromatic carbocycles. The molecule has 1 aromatic heterocycles. The monoisotopic (exact) mass is 306 g/mol. The molecule has 5 nitrogen and oxygen atoms in total. The lowest BCUT2D eigenvalue weighted by molar-refractivity contribution is 0.0599. The standard InChI is InChI=1S/C17H26N2O3/c1-5-13-14(17(21)22-4)11(3)15(19-13)16(20)18-12-8-6-10(2)7-9-12/h10,12,19H,5-9H2,1-4H3,(H,18,20). The highest BCUT2D eigenvalue weighted by atomic mass is 16.5. The van der Waals surface area contributed by atoms with Crippen LogP contribution in [0.25, 0.3) is 0 Å². The van der Waals surface area contributed by atoms with E-state index in [2.05, 4.69) is 17.2 Å². The molecule has 1 saturated carbocycles. The van der Waals surface area contributed by atoms with Crippen LogP contribution in [-0.4, -0.2) is 30.0 Å². The van der Waals surface area contributed by atoms with Crippen LogP contribution in [0.2, 0.25) is 0 Å². The van der Waals surface area contributed by atoms with E-state index in [1.165, 1.54) is 7.11 Å². The number of hydrogen-bond donors (Lipinski definition) is 2. The second-order valence-corrected chi connectivity index (χ2v) is 6.25. The van der Waals surface area contributed by atoms with Gasteiger partial charge in [-0.25, -0.2) is 4.79 Å². The van der Waals surface area contributed by atoms with Crippen LogP contribution in [0.15, 0.2) is 0 Å². The first-order valence-corrected chi connectivity index (χ1v) is 8.08. The molecule has 1 aliphatic carbocycles. The van der Waals surface area contributed by atoms with E-state index in [1.54, 1.807) is 6.92 Å². The van der Waals surface area contributed by atoms with Gasteiger partial charge in [-0.2, -0.15) is 0 Å². The first kappa shape index (κ1) is 16.6. The van der Waals surface area contributed by atoms with E-state index < -0.39 is 5.97 Å². The Morgan fingerprint density at radius 2 is 1.91 bits per heavy atom. The van der Waals surface area contributed by atoms with Crippen molar-refractivity contribution in [3.63, 3.8) is 0 Å². The van der Waals surface area contributed by atoms with Crippen molar-refractivity contribution in [2.24, 2.45) is 5.92 Å². The average molecular weight is 306 g/mol. The number of nitrogens with one attached hydrogen (secondary N) is 2. The highest BCUT2D eigenvalue weighted by molar-refractivity contribution is 6.00. The Hall–Kier alpha value is -1.78. The molecular formula is C17H26N2O3. The number of carbonyl (C=O) groups is 2.